The molecule has 0 aromatic carbocycles. The first-order chi connectivity index (χ1) is 9.02. The lowest BCUT2D eigenvalue weighted by Gasteiger charge is -2.08. The van der Waals surface area contributed by atoms with E-state index in [-0.39, 0.29) is 11.7 Å². The van der Waals surface area contributed by atoms with E-state index in [1.807, 2.05) is 26.2 Å². The molecule has 2 N–H and O–H groups in total. The molecule has 0 radical (unpaired) electrons. The molecule has 0 saturated carbocycles. The Labute approximate surface area is 112 Å². The molecule has 0 atom stereocenters. The number of nitrogens with two attached hydrogens (primary N) is 1. The van der Waals surface area contributed by atoms with Crippen LogP contribution >= 0.6 is 0 Å². The number of carbonyl (C=O) groups excluding carboxylic acids is 1. The molecule has 0 aliphatic rings. The number of hydrogen-bond acceptors (Lipinski definition) is 4. The number of rotatable bonds is 4. The number of nitrogens with zero attached hydrogens (tertiary/aromatic N) is 3. The minimum atomic E-state index is -0.114. The van der Waals surface area contributed by atoms with E-state index in [9.17, 15) is 4.79 Å². The van der Waals surface area contributed by atoms with Crippen LogP contribution in [0, 0.1) is 5.92 Å². The fourth-order valence-corrected chi connectivity index (χ4v) is 1.76. The number of nitrogen functional groups attached to an aromatic ring is 1. The first-order valence-electron chi connectivity index (χ1n) is 6.36. The fourth-order valence-electron chi connectivity index (χ4n) is 1.76. The van der Waals surface area contributed by atoms with Crippen molar-refractivity contribution in [2.24, 2.45) is 5.92 Å². The van der Waals surface area contributed by atoms with Gasteiger partial charge in [-0.15, -0.1) is 0 Å². The number of Topliss-reactive ketones (excluding diaryl/α,β-unsaturated/α-hetero) is 1. The van der Waals surface area contributed by atoms with Crippen LogP contribution in [-0.2, 0) is 6.42 Å². The van der Waals surface area contributed by atoms with Crippen molar-refractivity contribution in [2.75, 3.05) is 5.73 Å². The molecule has 0 spiro atoms. The van der Waals surface area contributed by atoms with Crippen LogP contribution in [0.25, 0.3) is 5.69 Å². The zero-order valence-electron chi connectivity index (χ0n) is 11.4. The van der Waals surface area contributed by atoms with Gasteiger partial charge in [0, 0.05) is 12.1 Å². The minimum Gasteiger partial charge on any atom is -0.397 e. The molecule has 5 nitrogen and oxygen atoms in total. The first-order valence-corrected chi connectivity index (χ1v) is 6.36. The molecule has 0 fully saturated rings. The number of anilines is 1. The second kappa shape index (κ2) is 5.22. The Bertz CT molecular complexity index is 601. The molecule has 100 valence electrons. The Kier molecular flexibility index (Phi) is 3.64. The van der Waals surface area contributed by atoms with Crippen molar-refractivity contribution >= 4 is 11.5 Å². The second-order valence-corrected chi connectivity index (χ2v) is 4.80. The molecule has 2 heterocycles. The van der Waals surface area contributed by atoms with E-state index < -0.39 is 0 Å². The second-order valence-electron chi connectivity index (χ2n) is 4.80. The summed E-state index contributed by atoms with van der Waals surface area (Å²) in [7, 11) is 0. The lowest BCUT2D eigenvalue weighted by Crippen LogP contribution is -2.13. The third-order valence-electron chi connectivity index (χ3n) is 2.97. The smallest absolute Gasteiger partial charge is 0.185 e. The van der Waals surface area contributed by atoms with Crippen molar-refractivity contribution in [2.45, 2.75) is 27.2 Å². The average molecular weight is 258 g/mol. The summed E-state index contributed by atoms with van der Waals surface area (Å²) < 4.78 is 1.71. The lowest BCUT2D eigenvalue weighted by atomic mass is 10.0. The maximum Gasteiger partial charge on any atom is 0.185 e. The van der Waals surface area contributed by atoms with Gasteiger partial charge in [0.1, 0.15) is 5.69 Å². The molecule has 0 unspecified atom stereocenters. The van der Waals surface area contributed by atoms with E-state index in [0.717, 1.165) is 17.7 Å². The predicted octanol–water partition coefficient (Wildman–Crippen LogP) is 2.25. The highest BCUT2D eigenvalue weighted by Gasteiger charge is 2.16. The zero-order valence-corrected chi connectivity index (χ0v) is 11.4. The quantitative estimate of drug-likeness (QED) is 0.853. The van der Waals surface area contributed by atoms with Crippen molar-refractivity contribution in [1.82, 2.24) is 14.8 Å². The highest BCUT2D eigenvalue weighted by molar-refractivity contribution is 6.00. The monoisotopic (exact) mass is 258 g/mol. The molecule has 2 rings (SSSR count). The van der Waals surface area contributed by atoms with Crippen LogP contribution in [-0.4, -0.2) is 20.5 Å². The molecule has 0 bridgehead atoms. The Hall–Kier alpha value is -2.17. The molecular weight excluding hydrogens is 240 g/mol. The Morgan fingerprint density at radius 1 is 1.42 bits per heavy atom. The number of pyridine rings is 1. The molecule has 0 amide bonds. The van der Waals surface area contributed by atoms with E-state index in [0.29, 0.717) is 11.4 Å². The first kappa shape index (κ1) is 13.3. The molecule has 2 aromatic rings. The van der Waals surface area contributed by atoms with Gasteiger partial charge < -0.3 is 5.73 Å². The third kappa shape index (κ3) is 2.65. The number of aromatic nitrogens is 3. The highest BCUT2D eigenvalue weighted by atomic mass is 16.1. The number of ketones is 1. The van der Waals surface area contributed by atoms with E-state index in [1.165, 1.54) is 0 Å². The number of hydrogen-bond donors (Lipinski definition) is 1. The number of aryl methyl sites for hydroxylation is 1. The minimum absolute atomic E-state index is 0.0428. The largest absolute Gasteiger partial charge is 0.397 e. The SMILES string of the molecule is CCc1cnn(-c2cnc(C(=O)C(C)C)c(N)c2)c1. The van der Waals surface area contributed by atoms with Crippen LogP contribution in [0.4, 0.5) is 5.69 Å². The topological polar surface area (TPSA) is 73.8 Å². The standard InChI is InChI=1S/C14H18N4O/c1-4-10-6-17-18(8-10)11-5-12(15)13(16-7-11)14(19)9(2)3/h5-9H,4,15H2,1-3H3. The van der Waals surface area contributed by atoms with Crippen molar-refractivity contribution in [3.05, 3.63) is 35.9 Å². The summed E-state index contributed by atoms with van der Waals surface area (Å²) in [6.07, 6.45) is 6.29. The normalized spacial score (nSPS) is 10.9. The highest BCUT2D eigenvalue weighted by Crippen LogP contribution is 2.17. The summed E-state index contributed by atoms with van der Waals surface area (Å²) in [5.74, 6) is -0.157. The van der Waals surface area contributed by atoms with Gasteiger partial charge in [0.25, 0.3) is 0 Å². The van der Waals surface area contributed by atoms with Gasteiger partial charge in [0.2, 0.25) is 0 Å². The zero-order chi connectivity index (χ0) is 14.0. The van der Waals surface area contributed by atoms with Crippen LogP contribution in [0.3, 0.4) is 0 Å². The summed E-state index contributed by atoms with van der Waals surface area (Å²) in [4.78, 5) is 16.1. The van der Waals surface area contributed by atoms with Crippen LogP contribution in [0.15, 0.2) is 24.7 Å². The van der Waals surface area contributed by atoms with Crippen LogP contribution in [0.5, 0.6) is 0 Å². The average Bonchev–Trinajstić information content (AvgIpc) is 2.86. The van der Waals surface area contributed by atoms with E-state index in [1.54, 1.807) is 16.9 Å². The van der Waals surface area contributed by atoms with Crippen molar-refractivity contribution in [3.63, 3.8) is 0 Å². The van der Waals surface area contributed by atoms with Crippen LogP contribution in [0.2, 0.25) is 0 Å². The van der Waals surface area contributed by atoms with Gasteiger partial charge in [-0.25, -0.2) is 9.67 Å². The fraction of sp³-hybridized carbons (Fsp3) is 0.357. The Morgan fingerprint density at radius 3 is 2.68 bits per heavy atom. The van der Waals surface area contributed by atoms with E-state index >= 15 is 0 Å². The number of carbonyl (C=O) groups is 1. The third-order valence-corrected chi connectivity index (χ3v) is 2.97. The van der Waals surface area contributed by atoms with Crippen molar-refractivity contribution in [3.8, 4) is 5.69 Å². The summed E-state index contributed by atoms with van der Waals surface area (Å²) >= 11 is 0. The van der Waals surface area contributed by atoms with Gasteiger partial charge in [-0.2, -0.15) is 5.10 Å². The molecular formula is C14H18N4O. The van der Waals surface area contributed by atoms with Gasteiger partial charge in [-0.1, -0.05) is 20.8 Å². The van der Waals surface area contributed by atoms with Gasteiger partial charge in [0.05, 0.1) is 23.8 Å². The van der Waals surface area contributed by atoms with E-state index in [4.69, 9.17) is 5.73 Å². The molecule has 0 saturated heterocycles. The van der Waals surface area contributed by atoms with Crippen molar-refractivity contribution in [1.29, 1.82) is 0 Å². The summed E-state index contributed by atoms with van der Waals surface area (Å²) in [5.41, 5.74) is 8.54. The predicted molar refractivity (Wildman–Crippen MR) is 74.3 cm³/mol. The van der Waals surface area contributed by atoms with Crippen LogP contribution < -0.4 is 5.73 Å². The van der Waals surface area contributed by atoms with E-state index in [2.05, 4.69) is 17.0 Å². The lowest BCUT2D eigenvalue weighted by molar-refractivity contribution is 0.0935. The maximum absolute atomic E-state index is 11.9. The molecule has 0 aliphatic carbocycles. The Morgan fingerprint density at radius 2 is 2.16 bits per heavy atom. The summed E-state index contributed by atoms with van der Waals surface area (Å²) in [5, 5.41) is 4.24. The van der Waals surface area contributed by atoms with Gasteiger partial charge in [-0.05, 0) is 18.1 Å². The van der Waals surface area contributed by atoms with Gasteiger partial charge in [-0.3, -0.25) is 4.79 Å². The maximum atomic E-state index is 11.9. The van der Waals surface area contributed by atoms with Crippen LogP contribution in [0.1, 0.15) is 36.8 Å². The molecule has 19 heavy (non-hydrogen) atoms. The van der Waals surface area contributed by atoms with Gasteiger partial charge >= 0.3 is 0 Å². The molecule has 2 aromatic heterocycles. The summed E-state index contributed by atoms with van der Waals surface area (Å²) in [6, 6.07) is 1.73. The molecule has 0 aliphatic heterocycles. The van der Waals surface area contributed by atoms with Crippen molar-refractivity contribution < 1.29 is 4.79 Å². The summed E-state index contributed by atoms with van der Waals surface area (Å²) in [6.45, 7) is 5.73. The Balaban J connectivity index is 2.35. The van der Waals surface area contributed by atoms with Gasteiger partial charge in [0.15, 0.2) is 5.78 Å². The molecule has 5 heteroatoms.